The highest BCUT2D eigenvalue weighted by atomic mass is 19.1. The van der Waals surface area contributed by atoms with E-state index in [1.165, 1.54) is 0 Å². The lowest BCUT2D eigenvalue weighted by Crippen LogP contribution is -2.26. The van der Waals surface area contributed by atoms with Crippen LogP contribution in [-0.2, 0) is 4.74 Å². The molecule has 0 aromatic rings. The van der Waals surface area contributed by atoms with E-state index in [1.807, 2.05) is 0 Å². The summed E-state index contributed by atoms with van der Waals surface area (Å²) >= 11 is 0. The monoisotopic (exact) mass is 104 g/mol. The topological polar surface area (TPSA) is 9.23 Å². The third-order valence-corrected chi connectivity index (χ3v) is 1.22. The van der Waals surface area contributed by atoms with Crippen LogP contribution < -0.4 is 0 Å². The third kappa shape index (κ3) is 1.13. The third-order valence-electron chi connectivity index (χ3n) is 1.22. The van der Waals surface area contributed by atoms with E-state index in [9.17, 15) is 4.39 Å². The molecule has 1 aliphatic heterocycles. The number of halogens is 1. The van der Waals surface area contributed by atoms with Crippen molar-refractivity contribution in [2.75, 3.05) is 13.3 Å². The van der Waals surface area contributed by atoms with Crippen LogP contribution in [0.4, 0.5) is 4.39 Å². The fourth-order valence-electron chi connectivity index (χ4n) is 0.634. The van der Waals surface area contributed by atoms with Crippen LogP contribution in [0.15, 0.2) is 0 Å². The number of alkyl halides is 1. The molecule has 0 amide bonds. The van der Waals surface area contributed by atoms with Gasteiger partial charge in [0.15, 0.2) is 0 Å². The van der Waals surface area contributed by atoms with E-state index in [0.29, 0.717) is 6.42 Å². The molecule has 0 aromatic heterocycles. The van der Waals surface area contributed by atoms with Gasteiger partial charge >= 0.3 is 0 Å². The van der Waals surface area contributed by atoms with Crippen molar-refractivity contribution in [3.8, 4) is 0 Å². The Morgan fingerprint density at radius 3 is 2.57 bits per heavy atom. The van der Waals surface area contributed by atoms with Gasteiger partial charge in [-0.3, -0.25) is 4.39 Å². The maximum Gasteiger partial charge on any atom is 0.0919 e. The summed E-state index contributed by atoms with van der Waals surface area (Å²) in [6.45, 7) is 0.606. The van der Waals surface area contributed by atoms with E-state index >= 15 is 0 Å². The van der Waals surface area contributed by atoms with E-state index in [1.54, 1.807) is 0 Å². The summed E-state index contributed by atoms with van der Waals surface area (Å²) in [7, 11) is 0. The molecule has 0 spiro atoms. The summed E-state index contributed by atoms with van der Waals surface area (Å²) in [4.78, 5) is 0. The predicted molar refractivity (Wildman–Crippen MR) is 24.9 cm³/mol. The van der Waals surface area contributed by atoms with Crippen molar-refractivity contribution in [3.63, 3.8) is 0 Å². The molecular formula is C5H9FO. The minimum absolute atomic E-state index is 0.231. The van der Waals surface area contributed by atoms with Gasteiger partial charge in [0, 0.05) is 13.0 Å². The normalized spacial score (nSPS) is 29.6. The van der Waals surface area contributed by atoms with E-state index in [-0.39, 0.29) is 12.8 Å². The Hall–Kier alpha value is -0.110. The number of ether oxygens (including phenoxy) is 1. The van der Waals surface area contributed by atoms with E-state index < -0.39 is 0 Å². The molecule has 1 rings (SSSR count). The Morgan fingerprint density at radius 1 is 1.71 bits per heavy atom. The summed E-state index contributed by atoms with van der Waals surface area (Å²) in [6, 6.07) is 0. The first-order valence-electron chi connectivity index (χ1n) is 2.61. The molecule has 1 saturated heterocycles. The average molecular weight is 104 g/mol. The summed E-state index contributed by atoms with van der Waals surface area (Å²) in [6.07, 6.45) is 1.91. The molecule has 0 saturated carbocycles. The van der Waals surface area contributed by atoms with Crippen molar-refractivity contribution in [2.45, 2.75) is 18.9 Å². The Kier molecular flexibility index (Phi) is 1.63. The highest BCUT2D eigenvalue weighted by Crippen LogP contribution is 2.13. The molecule has 42 valence electrons. The van der Waals surface area contributed by atoms with Gasteiger partial charge in [0.05, 0.1) is 12.8 Å². The van der Waals surface area contributed by atoms with Crippen LogP contribution in [0.2, 0.25) is 0 Å². The smallest absolute Gasteiger partial charge is 0.0919 e. The minimum Gasteiger partial charge on any atom is -0.378 e. The largest absolute Gasteiger partial charge is 0.378 e. The first kappa shape index (κ1) is 5.04. The van der Waals surface area contributed by atoms with Crippen LogP contribution in [0.1, 0.15) is 12.8 Å². The van der Waals surface area contributed by atoms with Crippen LogP contribution in [0.5, 0.6) is 0 Å². The van der Waals surface area contributed by atoms with Gasteiger partial charge in [0.2, 0.25) is 0 Å². The molecule has 2 heteroatoms. The van der Waals surface area contributed by atoms with Crippen LogP contribution >= 0.6 is 0 Å². The fourth-order valence-corrected chi connectivity index (χ4v) is 0.634. The molecule has 1 atom stereocenters. The second-order valence-electron chi connectivity index (χ2n) is 1.76. The molecule has 1 nitrogen and oxygen atoms in total. The van der Waals surface area contributed by atoms with Crippen molar-refractivity contribution in [3.05, 3.63) is 0 Å². The second-order valence-corrected chi connectivity index (χ2v) is 1.76. The van der Waals surface area contributed by atoms with Gasteiger partial charge in [-0.25, -0.2) is 0 Å². The highest BCUT2D eigenvalue weighted by Gasteiger charge is 2.16. The van der Waals surface area contributed by atoms with Gasteiger partial charge in [-0.15, -0.1) is 0 Å². The lowest BCUT2D eigenvalue weighted by atomic mass is 10.1. The summed E-state index contributed by atoms with van der Waals surface area (Å²) in [5.74, 6) is 0. The zero-order valence-corrected chi connectivity index (χ0v) is 4.19. The average Bonchev–Trinajstić information content (AvgIpc) is 1.55. The molecule has 0 bridgehead atoms. The molecular weight excluding hydrogens is 95.1 g/mol. The van der Waals surface area contributed by atoms with Crippen LogP contribution in [0.25, 0.3) is 0 Å². The molecule has 1 fully saturated rings. The van der Waals surface area contributed by atoms with Gasteiger partial charge in [0.1, 0.15) is 0 Å². The first-order chi connectivity index (χ1) is 3.43. The standard InChI is InChI=1S/C5H9FO/c6-3-1-5-2-4-7-5/h5H,1-4H2. The van der Waals surface area contributed by atoms with Crippen molar-refractivity contribution < 1.29 is 9.13 Å². The number of hydrogen-bond donors (Lipinski definition) is 0. The van der Waals surface area contributed by atoms with Crippen molar-refractivity contribution in [2.24, 2.45) is 0 Å². The quantitative estimate of drug-likeness (QED) is 0.510. The molecule has 1 unspecified atom stereocenters. The lowest BCUT2D eigenvalue weighted by Gasteiger charge is -2.24. The van der Waals surface area contributed by atoms with Crippen molar-refractivity contribution in [1.29, 1.82) is 0 Å². The summed E-state index contributed by atoms with van der Waals surface area (Å²) < 4.78 is 16.3. The zero-order valence-electron chi connectivity index (χ0n) is 4.19. The van der Waals surface area contributed by atoms with Gasteiger partial charge in [-0.2, -0.15) is 0 Å². The van der Waals surface area contributed by atoms with Gasteiger partial charge < -0.3 is 4.74 Å². The molecule has 7 heavy (non-hydrogen) atoms. The Bertz CT molecular complexity index is 52.0. The van der Waals surface area contributed by atoms with E-state index in [4.69, 9.17) is 4.74 Å². The number of rotatable bonds is 2. The van der Waals surface area contributed by atoms with Gasteiger partial charge in [0.25, 0.3) is 0 Å². The lowest BCUT2D eigenvalue weighted by molar-refractivity contribution is -0.0570. The summed E-state index contributed by atoms with van der Waals surface area (Å²) in [5, 5.41) is 0. The molecule has 0 aliphatic carbocycles. The van der Waals surface area contributed by atoms with Crippen molar-refractivity contribution >= 4 is 0 Å². The molecule has 0 aromatic carbocycles. The van der Waals surface area contributed by atoms with Crippen LogP contribution in [0.3, 0.4) is 0 Å². The van der Waals surface area contributed by atoms with E-state index in [0.717, 1.165) is 13.0 Å². The second kappa shape index (κ2) is 2.26. The zero-order chi connectivity index (χ0) is 5.11. The first-order valence-corrected chi connectivity index (χ1v) is 2.61. The van der Waals surface area contributed by atoms with E-state index in [2.05, 4.69) is 0 Å². The van der Waals surface area contributed by atoms with Gasteiger partial charge in [-0.1, -0.05) is 0 Å². The van der Waals surface area contributed by atoms with Crippen LogP contribution in [-0.4, -0.2) is 19.4 Å². The number of hydrogen-bond acceptors (Lipinski definition) is 1. The Labute approximate surface area is 42.5 Å². The maximum absolute atomic E-state index is 11.4. The molecule has 1 aliphatic rings. The van der Waals surface area contributed by atoms with Crippen LogP contribution in [0, 0.1) is 0 Å². The Morgan fingerprint density at radius 2 is 2.43 bits per heavy atom. The maximum atomic E-state index is 11.4. The molecule has 0 radical (unpaired) electrons. The minimum atomic E-state index is -0.231. The Balaban J connectivity index is 1.93. The SMILES string of the molecule is FCCC1CCO1. The highest BCUT2D eigenvalue weighted by molar-refractivity contribution is 4.64. The molecule has 1 heterocycles. The summed E-state index contributed by atoms with van der Waals surface area (Å²) in [5.41, 5.74) is 0. The van der Waals surface area contributed by atoms with Gasteiger partial charge in [-0.05, 0) is 6.42 Å². The van der Waals surface area contributed by atoms with Crippen molar-refractivity contribution in [1.82, 2.24) is 0 Å². The molecule has 0 N–H and O–H groups in total. The fraction of sp³-hybridized carbons (Fsp3) is 1.00. The predicted octanol–water partition coefficient (Wildman–Crippen LogP) is 1.13.